The summed E-state index contributed by atoms with van der Waals surface area (Å²) in [7, 11) is 0. The number of nitrogens with one attached hydrogen (secondary N) is 2. The van der Waals surface area contributed by atoms with Crippen molar-refractivity contribution in [1.82, 2.24) is 0 Å². The van der Waals surface area contributed by atoms with E-state index in [4.69, 9.17) is 5.73 Å². The minimum Gasteiger partial charge on any atom is -0.374 e. The fourth-order valence-electron chi connectivity index (χ4n) is 3.16. The van der Waals surface area contributed by atoms with E-state index in [1.165, 1.54) is 12.1 Å². The largest absolute Gasteiger partial charge is 0.374 e. The predicted molar refractivity (Wildman–Crippen MR) is 105 cm³/mol. The zero-order chi connectivity index (χ0) is 19.4. The number of carbonyl (C=O) groups excluding carboxylic acids is 2. The molecule has 0 saturated carbocycles. The van der Waals surface area contributed by atoms with E-state index >= 15 is 0 Å². The number of hydrogen-bond acceptors (Lipinski definition) is 4. The van der Waals surface area contributed by atoms with Crippen molar-refractivity contribution in [3.63, 3.8) is 0 Å². The maximum absolute atomic E-state index is 13.9. The van der Waals surface area contributed by atoms with Crippen LogP contribution in [0.2, 0.25) is 0 Å². The summed E-state index contributed by atoms with van der Waals surface area (Å²) in [6.07, 6.45) is 2.20. The average Bonchev–Trinajstić information content (AvgIpc) is 3.16. The van der Waals surface area contributed by atoms with E-state index in [0.717, 1.165) is 37.2 Å². The first kappa shape index (κ1) is 18.7. The highest BCUT2D eigenvalue weighted by atomic mass is 19.1. The summed E-state index contributed by atoms with van der Waals surface area (Å²) in [4.78, 5) is 25.9. The highest BCUT2D eigenvalue weighted by molar-refractivity contribution is 5.97. The molecular weight excluding hydrogens is 347 g/mol. The van der Waals surface area contributed by atoms with Gasteiger partial charge in [0.25, 0.3) is 0 Å². The molecule has 2 aromatic carbocycles. The Kier molecular flexibility index (Phi) is 5.59. The van der Waals surface area contributed by atoms with Gasteiger partial charge in [0, 0.05) is 18.7 Å². The average molecular weight is 370 g/mol. The molecule has 27 heavy (non-hydrogen) atoms. The first-order valence-corrected chi connectivity index (χ1v) is 8.93. The number of carbonyl (C=O) groups is 2. The molecule has 0 radical (unpaired) electrons. The molecule has 0 aromatic heterocycles. The van der Waals surface area contributed by atoms with Crippen molar-refractivity contribution in [3.05, 3.63) is 53.3 Å². The summed E-state index contributed by atoms with van der Waals surface area (Å²) in [5, 5.41) is 5.60. The van der Waals surface area contributed by atoms with E-state index in [1.54, 1.807) is 25.1 Å². The van der Waals surface area contributed by atoms with Crippen molar-refractivity contribution in [3.8, 4) is 0 Å². The van der Waals surface area contributed by atoms with Crippen molar-refractivity contribution in [2.75, 3.05) is 35.2 Å². The molecule has 0 unspecified atom stereocenters. The van der Waals surface area contributed by atoms with E-state index < -0.39 is 11.7 Å². The van der Waals surface area contributed by atoms with Crippen LogP contribution in [-0.2, 0) is 4.79 Å². The molecule has 4 N–H and O–H groups in total. The standard InChI is InChI=1S/C20H23FN4O2/c1-13-4-6-16(15(21)10-13)24-19(26)12-23-17-11-14(20(22)27)5-7-18(17)25-8-2-3-9-25/h4-7,10-11,23H,2-3,8-9,12H2,1H3,(H2,22,27)(H,24,26). The molecule has 0 spiro atoms. The Morgan fingerprint density at radius 3 is 2.52 bits per heavy atom. The summed E-state index contributed by atoms with van der Waals surface area (Å²) < 4.78 is 13.9. The van der Waals surface area contributed by atoms with Gasteiger partial charge in [-0.25, -0.2) is 4.39 Å². The van der Waals surface area contributed by atoms with Gasteiger partial charge in [0.1, 0.15) is 5.82 Å². The topological polar surface area (TPSA) is 87.5 Å². The fourth-order valence-corrected chi connectivity index (χ4v) is 3.16. The fraction of sp³-hybridized carbons (Fsp3) is 0.300. The van der Waals surface area contributed by atoms with Gasteiger partial charge in [0.15, 0.2) is 0 Å². The molecule has 3 rings (SSSR count). The number of amides is 2. The number of halogens is 1. The van der Waals surface area contributed by atoms with Crippen molar-refractivity contribution in [2.45, 2.75) is 19.8 Å². The summed E-state index contributed by atoms with van der Waals surface area (Å²) in [5.74, 6) is -1.39. The number of nitrogens with two attached hydrogens (primary N) is 1. The molecule has 7 heteroatoms. The lowest BCUT2D eigenvalue weighted by atomic mass is 10.1. The molecule has 1 fully saturated rings. The van der Waals surface area contributed by atoms with E-state index in [-0.39, 0.29) is 18.1 Å². The summed E-state index contributed by atoms with van der Waals surface area (Å²) in [5.41, 5.74) is 8.24. The monoisotopic (exact) mass is 370 g/mol. The molecule has 1 saturated heterocycles. The van der Waals surface area contributed by atoms with Crippen LogP contribution in [-0.4, -0.2) is 31.4 Å². The zero-order valence-corrected chi connectivity index (χ0v) is 15.2. The lowest BCUT2D eigenvalue weighted by molar-refractivity contribution is -0.114. The normalized spacial score (nSPS) is 13.5. The number of anilines is 3. The maximum atomic E-state index is 13.9. The Morgan fingerprint density at radius 2 is 1.85 bits per heavy atom. The highest BCUT2D eigenvalue weighted by Crippen LogP contribution is 2.30. The predicted octanol–water partition coefficient (Wildman–Crippen LogP) is 2.88. The van der Waals surface area contributed by atoms with Crippen molar-refractivity contribution < 1.29 is 14.0 Å². The second-order valence-corrected chi connectivity index (χ2v) is 6.68. The van der Waals surface area contributed by atoms with Gasteiger partial charge < -0.3 is 21.3 Å². The molecule has 1 aliphatic heterocycles. The number of aryl methyl sites for hydroxylation is 1. The minimum atomic E-state index is -0.530. The molecule has 0 bridgehead atoms. The van der Waals surface area contributed by atoms with E-state index in [1.807, 2.05) is 6.07 Å². The van der Waals surface area contributed by atoms with Crippen LogP contribution in [0, 0.1) is 12.7 Å². The van der Waals surface area contributed by atoms with E-state index in [0.29, 0.717) is 11.3 Å². The van der Waals surface area contributed by atoms with Crippen molar-refractivity contribution >= 4 is 28.9 Å². The number of benzene rings is 2. The molecule has 142 valence electrons. The van der Waals surface area contributed by atoms with Gasteiger partial charge >= 0.3 is 0 Å². The van der Waals surface area contributed by atoms with Crippen LogP contribution in [0.5, 0.6) is 0 Å². The van der Waals surface area contributed by atoms with E-state index in [2.05, 4.69) is 15.5 Å². The van der Waals surface area contributed by atoms with Crippen molar-refractivity contribution in [2.24, 2.45) is 5.73 Å². The smallest absolute Gasteiger partial charge is 0.248 e. The van der Waals surface area contributed by atoms with Gasteiger partial charge in [-0.1, -0.05) is 6.07 Å². The number of primary amides is 1. The van der Waals surface area contributed by atoms with Gasteiger partial charge in [0.2, 0.25) is 11.8 Å². The number of nitrogens with zero attached hydrogens (tertiary/aromatic N) is 1. The number of rotatable bonds is 6. The first-order valence-electron chi connectivity index (χ1n) is 8.93. The second kappa shape index (κ2) is 8.07. The molecule has 1 heterocycles. The first-order chi connectivity index (χ1) is 12.9. The Hall–Kier alpha value is -3.09. The van der Waals surface area contributed by atoms with Crippen LogP contribution in [0.4, 0.5) is 21.5 Å². The highest BCUT2D eigenvalue weighted by Gasteiger charge is 2.18. The van der Waals surface area contributed by atoms with E-state index in [9.17, 15) is 14.0 Å². The van der Waals surface area contributed by atoms with Crippen molar-refractivity contribution in [1.29, 1.82) is 0 Å². The van der Waals surface area contributed by atoms with Gasteiger partial charge in [0.05, 0.1) is 23.6 Å². The zero-order valence-electron chi connectivity index (χ0n) is 15.2. The van der Waals surface area contributed by atoms with Gasteiger partial charge in [-0.15, -0.1) is 0 Å². The Labute approximate surface area is 157 Å². The van der Waals surface area contributed by atoms with Crippen LogP contribution in [0.15, 0.2) is 36.4 Å². The van der Waals surface area contributed by atoms with Crippen LogP contribution >= 0.6 is 0 Å². The third-order valence-corrected chi connectivity index (χ3v) is 4.57. The lowest BCUT2D eigenvalue weighted by Gasteiger charge is -2.22. The van der Waals surface area contributed by atoms with Gasteiger partial charge in [-0.2, -0.15) is 0 Å². The minimum absolute atomic E-state index is 0.0592. The molecular formula is C20H23FN4O2. The second-order valence-electron chi connectivity index (χ2n) is 6.68. The van der Waals surface area contributed by atoms with Crippen LogP contribution in [0.1, 0.15) is 28.8 Å². The summed E-state index contributed by atoms with van der Waals surface area (Å²) >= 11 is 0. The van der Waals surface area contributed by atoms with Crippen LogP contribution in [0.25, 0.3) is 0 Å². The quantitative estimate of drug-likeness (QED) is 0.730. The molecule has 6 nitrogen and oxygen atoms in total. The molecule has 0 atom stereocenters. The lowest BCUT2D eigenvalue weighted by Crippen LogP contribution is -2.25. The Morgan fingerprint density at radius 1 is 1.11 bits per heavy atom. The number of hydrogen-bond donors (Lipinski definition) is 3. The molecule has 2 aromatic rings. The molecule has 0 aliphatic carbocycles. The van der Waals surface area contributed by atoms with Crippen LogP contribution < -0.4 is 21.3 Å². The molecule has 2 amide bonds. The maximum Gasteiger partial charge on any atom is 0.248 e. The summed E-state index contributed by atoms with van der Waals surface area (Å²) in [6.45, 7) is 3.56. The Balaban J connectivity index is 1.72. The summed E-state index contributed by atoms with van der Waals surface area (Å²) in [6, 6.07) is 9.80. The third-order valence-electron chi connectivity index (χ3n) is 4.57. The SMILES string of the molecule is Cc1ccc(NC(=O)CNc2cc(C(N)=O)ccc2N2CCCC2)c(F)c1. The Bertz CT molecular complexity index is 863. The van der Waals surface area contributed by atoms with Gasteiger partial charge in [-0.3, -0.25) is 9.59 Å². The van der Waals surface area contributed by atoms with Crippen LogP contribution in [0.3, 0.4) is 0 Å². The third kappa shape index (κ3) is 4.55. The van der Waals surface area contributed by atoms with Gasteiger partial charge in [-0.05, 0) is 55.7 Å². The molecule has 1 aliphatic rings.